The van der Waals surface area contributed by atoms with Crippen LogP contribution in [-0.4, -0.2) is 10.9 Å². The van der Waals surface area contributed by atoms with Gasteiger partial charge in [0.15, 0.2) is 0 Å². The first-order valence-corrected chi connectivity index (χ1v) is 8.10. The largest absolute Gasteiger partial charge is 0.324 e. The van der Waals surface area contributed by atoms with Crippen molar-refractivity contribution >= 4 is 39.7 Å². The van der Waals surface area contributed by atoms with Gasteiger partial charge in [0, 0.05) is 10.9 Å². The molecule has 0 bridgehead atoms. The van der Waals surface area contributed by atoms with Crippen LogP contribution in [0.25, 0.3) is 11.3 Å². The lowest BCUT2D eigenvalue weighted by Crippen LogP contribution is -2.36. The summed E-state index contributed by atoms with van der Waals surface area (Å²) in [5.41, 5.74) is 5.16. The molecular weight excluding hydrogens is 330 g/mol. The van der Waals surface area contributed by atoms with Gasteiger partial charge in [-0.2, -0.15) is 4.99 Å². The van der Waals surface area contributed by atoms with Crippen molar-refractivity contribution in [1.29, 1.82) is 0 Å². The van der Waals surface area contributed by atoms with E-state index in [1.165, 1.54) is 11.3 Å². The summed E-state index contributed by atoms with van der Waals surface area (Å²) in [4.78, 5) is 8.87. The molecule has 0 amide bonds. The Kier molecular flexibility index (Phi) is 4.87. The van der Waals surface area contributed by atoms with Crippen LogP contribution in [0.5, 0.6) is 0 Å². The molecule has 0 aliphatic heterocycles. The molecule has 2 aromatic carbocycles. The number of aromatic nitrogens is 1. The van der Waals surface area contributed by atoms with E-state index in [0.29, 0.717) is 21.8 Å². The fourth-order valence-corrected chi connectivity index (χ4v) is 2.82. The maximum Gasteiger partial charge on any atom is 0.217 e. The molecule has 0 aliphatic carbocycles. The summed E-state index contributed by atoms with van der Waals surface area (Å²) in [5.74, 6) is 5.89. The molecule has 0 unspecified atom stereocenters. The van der Waals surface area contributed by atoms with Crippen molar-refractivity contribution in [2.24, 2.45) is 10.8 Å². The summed E-state index contributed by atoms with van der Waals surface area (Å²) >= 11 is 7.55. The van der Waals surface area contributed by atoms with Crippen molar-refractivity contribution in [3.05, 3.63) is 65.0 Å². The fraction of sp³-hybridized carbons (Fsp3) is 0. The van der Waals surface area contributed by atoms with Gasteiger partial charge < -0.3 is 5.32 Å². The van der Waals surface area contributed by atoms with Crippen LogP contribution in [0, 0.1) is 0 Å². The molecule has 0 radical (unpaired) electrons. The topological polar surface area (TPSA) is 75.3 Å². The summed E-state index contributed by atoms with van der Waals surface area (Å²) in [5, 5.41) is 6.18. The van der Waals surface area contributed by atoms with Crippen LogP contribution in [0.4, 0.5) is 10.8 Å². The average molecular weight is 344 g/mol. The average Bonchev–Trinajstić information content (AvgIpc) is 3.05. The van der Waals surface area contributed by atoms with Crippen LogP contribution in [0.2, 0.25) is 5.02 Å². The fourth-order valence-electron chi connectivity index (χ4n) is 1.94. The number of hydrogen-bond acceptors (Lipinski definition) is 4. The molecule has 7 heteroatoms. The van der Waals surface area contributed by atoms with Crippen LogP contribution < -0.4 is 16.6 Å². The van der Waals surface area contributed by atoms with Crippen LogP contribution in [-0.2, 0) is 0 Å². The molecule has 116 valence electrons. The van der Waals surface area contributed by atoms with Gasteiger partial charge in [-0.3, -0.25) is 5.43 Å². The van der Waals surface area contributed by atoms with Crippen molar-refractivity contribution in [3.63, 3.8) is 0 Å². The van der Waals surface area contributed by atoms with Gasteiger partial charge in [-0.05, 0) is 12.1 Å². The minimum atomic E-state index is 0.368. The van der Waals surface area contributed by atoms with E-state index in [-0.39, 0.29) is 0 Å². The Bertz CT molecular complexity index is 816. The molecule has 0 fully saturated rings. The van der Waals surface area contributed by atoms with Crippen LogP contribution in [0.3, 0.4) is 0 Å². The molecular formula is C16H14ClN5S. The van der Waals surface area contributed by atoms with E-state index >= 15 is 0 Å². The molecule has 3 aromatic rings. The van der Waals surface area contributed by atoms with Gasteiger partial charge in [0.25, 0.3) is 0 Å². The SMILES string of the molecule is NN/C(=N\c1nc(-c2ccccc2)cs1)Nc1ccccc1Cl. The number of guanidine groups is 1. The van der Waals surface area contributed by atoms with Gasteiger partial charge in [-0.15, -0.1) is 11.3 Å². The van der Waals surface area contributed by atoms with E-state index in [4.69, 9.17) is 17.4 Å². The highest BCUT2D eigenvalue weighted by Gasteiger charge is 2.06. The summed E-state index contributed by atoms with van der Waals surface area (Å²) < 4.78 is 0. The van der Waals surface area contributed by atoms with E-state index in [1.807, 2.05) is 53.9 Å². The second kappa shape index (κ2) is 7.23. The van der Waals surface area contributed by atoms with E-state index in [1.54, 1.807) is 6.07 Å². The highest BCUT2D eigenvalue weighted by molar-refractivity contribution is 7.13. The summed E-state index contributed by atoms with van der Waals surface area (Å²) in [6.45, 7) is 0. The number of benzene rings is 2. The van der Waals surface area contributed by atoms with Crippen molar-refractivity contribution in [1.82, 2.24) is 10.4 Å². The minimum Gasteiger partial charge on any atom is -0.324 e. The Balaban J connectivity index is 1.82. The zero-order valence-corrected chi connectivity index (χ0v) is 13.6. The summed E-state index contributed by atoms with van der Waals surface area (Å²) in [6, 6.07) is 17.3. The predicted octanol–water partition coefficient (Wildman–Crippen LogP) is 4.03. The van der Waals surface area contributed by atoms with E-state index in [0.717, 1.165) is 11.3 Å². The normalized spacial score (nSPS) is 11.3. The Labute approximate surface area is 142 Å². The van der Waals surface area contributed by atoms with Crippen LogP contribution in [0.1, 0.15) is 0 Å². The van der Waals surface area contributed by atoms with E-state index in [2.05, 4.69) is 20.7 Å². The molecule has 1 heterocycles. The molecule has 3 rings (SSSR count). The number of halogens is 1. The van der Waals surface area contributed by atoms with Gasteiger partial charge in [0.05, 0.1) is 16.4 Å². The standard InChI is InChI=1S/C16H14ClN5S/c17-12-8-4-5-9-13(12)19-15(22-18)21-16-20-14(10-23-16)11-6-2-1-3-7-11/h1-10H,18H2,(H2,19,20,21,22). The number of nitrogens with one attached hydrogen (secondary N) is 2. The smallest absolute Gasteiger partial charge is 0.217 e. The third-order valence-electron chi connectivity index (χ3n) is 3.03. The maximum atomic E-state index is 6.11. The van der Waals surface area contributed by atoms with Gasteiger partial charge in [-0.25, -0.2) is 10.8 Å². The quantitative estimate of drug-likeness (QED) is 0.290. The molecule has 0 atom stereocenters. The van der Waals surface area contributed by atoms with Crippen molar-refractivity contribution in [3.8, 4) is 11.3 Å². The van der Waals surface area contributed by atoms with Gasteiger partial charge in [0.2, 0.25) is 11.1 Å². The van der Waals surface area contributed by atoms with Gasteiger partial charge in [0.1, 0.15) is 0 Å². The third kappa shape index (κ3) is 3.87. The molecule has 0 aliphatic rings. The number of nitrogens with two attached hydrogens (primary N) is 1. The number of rotatable bonds is 3. The molecule has 0 saturated heterocycles. The highest BCUT2D eigenvalue weighted by Crippen LogP contribution is 2.27. The first-order valence-electron chi connectivity index (χ1n) is 6.84. The number of aliphatic imine (C=N–C) groups is 1. The molecule has 5 nitrogen and oxygen atoms in total. The maximum absolute atomic E-state index is 6.11. The van der Waals surface area contributed by atoms with Crippen molar-refractivity contribution < 1.29 is 0 Å². The minimum absolute atomic E-state index is 0.368. The molecule has 0 saturated carbocycles. The highest BCUT2D eigenvalue weighted by atomic mass is 35.5. The second-order valence-electron chi connectivity index (χ2n) is 4.59. The summed E-state index contributed by atoms with van der Waals surface area (Å²) in [6.07, 6.45) is 0. The van der Waals surface area contributed by atoms with Crippen molar-refractivity contribution in [2.45, 2.75) is 0 Å². The van der Waals surface area contributed by atoms with E-state index < -0.39 is 0 Å². The number of anilines is 1. The van der Waals surface area contributed by atoms with Crippen molar-refractivity contribution in [2.75, 3.05) is 5.32 Å². The lowest BCUT2D eigenvalue weighted by molar-refractivity contribution is 1.02. The number of hydrogen-bond donors (Lipinski definition) is 3. The Morgan fingerprint density at radius 1 is 1.09 bits per heavy atom. The van der Waals surface area contributed by atoms with Gasteiger partial charge in [-0.1, -0.05) is 54.1 Å². The number of thiazole rings is 1. The first-order chi connectivity index (χ1) is 11.3. The molecule has 0 spiro atoms. The van der Waals surface area contributed by atoms with Crippen LogP contribution >= 0.6 is 22.9 Å². The Morgan fingerprint density at radius 2 is 1.83 bits per heavy atom. The molecule has 1 aromatic heterocycles. The molecule has 4 N–H and O–H groups in total. The molecule has 23 heavy (non-hydrogen) atoms. The monoisotopic (exact) mass is 343 g/mol. The van der Waals surface area contributed by atoms with Gasteiger partial charge >= 0.3 is 0 Å². The summed E-state index contributed by atoms with van der Waals surface area (Å²) in [7, 11) is 0. The Hall–Kier alpha value is -2.41. The zero-order chi connectivity index (χ0) is 16.1. The second-order valence-corrected chi connectivity index (χ2v) is 5.83. The first kappa shape index (κ1) is 15.5. The lowest BCUT2D eigenvalue weighted by atomic mass is 10.2. The predicted molar refractivity (Wildman–Crippen MR) is 97.0 cm³/mol. The zero-order valence-electron chi connectivity index (χ0n) is 12.0. The lowest BCUT2D eigenvalue weighted by Gasteiger charge is -2.09. The third-order valence-corrected chi connectivity index (χ3v) is 4.10. The number of hydrazine groups is 1. The number of nitrogens with zero attached hydrogens (tertiary/aromatic N) is 2. The number of para-hydroxylation sites is 1. The van der Waals surface area contributed by atoms with E-state index in [9.17, 15) is 0 Å². The Morgan fingerprint density at radius 3 is 2.57 bits per heavy atom. The van der Waals surface area contributed by atoms with Crippen LogP contribution in [0.15, 0.2) is 65.0 Å².